The second kappa shape index (κ2) is 6.76. The number of nitrogens with one attached hydrogen (secondary N) is 1. The summed E-state index contributed by atoms with van der Waals surface area (Å²) in [6.07, 6.45) is -0.166. The molecule has 0 fully saturated rings. The number of nitrogens with zero attached hydrogens (tertiary/aromatic N) is 1. The zero-order valence-corrected chi connectivity index (χ0v) is 16.4. The SMILES string of the molecule is C[C@@H](CC(=O)c1cc(=O)[nH]c(-c2ccccc2)n1)c1ccc(S(F)(F)(F)(F)F)cc1. The number of carbonyl (C=O) groups excluding carboxylic acids is 1. The van der Waals surface area contributed by atoms with Gasteiger partial charge in [0.15, 0.2) is 5.78 Å². The van der Waals surface area contributed by atoms with Crippen LogP contribution in [0.3, 0.4) is 0 Å². The summed E-state index contributed by atoms with van der Waals surface area (Å²) >= 11 is 0. The van der Waals surface area contributed by atoms with E-state index in [0.29, 0.717) is 17.7 Å². The first-order chi connectivity index (χ1) is 13.7. The highest BCUT2D eigenvalue weighted by molar-refractivity contribution is 8.45. The number of benzene rings is 2. The van der Waals surface area contributed by atoms with Gasteiger partial charge in [-0.2, -0.15) is 0 Å². The Hall–Kier alpha value is -3.01. The Bertz CT molecular complexity index is 1140. The third kappa shape index (κ3) is 5.12. The normalized spacial score (nSPS) is 15.1. The molecule has 4 nitrogen and oxygen atoms in total. The molecule has 30 heavy (non-hydrogen) atoms. The van der Waals surface area contributed by atoms with Crippen molar-refractivity contribution in [1.82, 2.24) is 9.97 Å². The van der Waals surface area contributed by atoms with Crippen LogP contribution in [0.1, 0.15) is 35.3 Å². The van der Waals surface area contributed by atoms with E-state index >= 15 is 0 Å². The molecule has 0 saturated heterocycles. The Morgan fingerprint density at radius 3 is 2.17 bits per heavy atom. The molecule has 3 rings (SSSR count). The summed E-state index contributed by atoms with van der Waals surface area (Å²) in [4.78, 5) is 29.2. The van der Waals surface area contributed by atoms with Gasteiger partial charge in [0.1, 0.15) is 16.4 Å². The highest BCUT2D eigenvalue weighted by Crippen LogP contribution is 3.02. The van der Waals surface area contributed by atoms with Gasteiger partial charge in [-0.1, -0.05) is 68.8 Å². The number of aromatic nitrogens is 2. The summed E-state index contributed by atoms with van der Waals surface area (Å²) in [7, 11) is -9.75. The van der Waals surface area contributed by atoms with E-state index in [2.05, 4.69) is 9.97 Å². The third-order valence-corrected chi connectivity index (χ3v) is 5.62. The minimum Gasteiger partial charge on any atom is -0.306 e. The Kier molecular flexibility index (Phi) is 4.89. The fraction of sp³-hybridized carbons (Fsp3) is 0.150. The molecule has 0 aliphatic rings. The molecule has 0 aliphatic heterocycles. The standard InChI is InChI=1S/C20H17F5N2O2S/c1-13(14-7-9-16(10-8-14)30(21,22,23,24)25)11-18(28)17-12-19(29)27-20(26-17)15-5-3-2-4-6-15/h2-10,12-13H,11H2,1H3,(H,26,27,29)/t13-/m0/s1. The molecule has 1 aromatic heterocycles. The van der Waals surface area contributed by atoms with Crippen molar-refractivity contribution < 1.29 is 24.2 Å². The highest BCUT2D eigenvalue weighted by atomic mass is 32.5. The number of carbonyl (C=O) groups is 1. The van der Waals surface area contributed by atoms with Crippen molar-refractivity contribution >= 4 is 16.0 Å². The third-order valence-electron chi connectivity index (χ3n) is 4.46. The summed E-state index contributed by atoms with van der Waals surface area (Å²) in [5.41, 5.74) is 0.263. The van der Waals surface area contributed by atoms with Gasteiger partial charge in [-0.3, -0.25) is 9.59 Å². The molecule has 160 valence electrons. The second-order valence-corrected chi connectivity index (χ2v) is 9.32. The predicted octanol–water partition coefficient (Wildman–Crippen LogP) is 6.47. The van der Waals surface area contributed by atoms with Gasteiger partial charge in [0.2, 0.25) is 0 Å². The maximum Gasteiger partial charge on any atom is 0.310 e. The van der Waals surface area contributed by atoms with Gasteiger partial charge in [-0.25, -0.2) is 4.98 Å². The molecule has 0 aliphatic carbocycles. The molecule has 0 amide bonds. The van der Waals surface area contributed by atoms with Crippen LogP contribution in [0.2, 0.25) is 0 Å². The lowest BCUT2D eigenvalue weighted by molar-refractivity contribution is 0.0970. The van der Waals surface area contributed by atoms with E-state index in [4.69, 9.17) is 0 Å². The Balaban J connectivity index is 1.81. The zero-order chi connectivity index (χ0) is 22.2. The fourth-order valence-electron chi connectivity index (χ4n) is 2.89. The molecule has 2 aromatic carbocycles. The first kappa shape index (κ1) is 21.7. The van der Waals surface area contributed by atoms with Crippen molar-refractivity contribution in [3.8, 4) is 11.4 Å². The van der Waals surface area contributed by atoms with Crippen LogP contribution in [0.15, 0.2) is 70.4 Å². The molecular weight excluding hydrogens is 427 g/mol. The van der Waals surface area contributed by atoms with E-state index in [1.165, 1.54) is 0 Å². The average Bonchev–Trinajstić information content (AvgIpc) is 2.66. The summed E-state index contributed by atoms with van der Waals surface area (Å²) in [5.74, 6) is -0.867. The van der Waals surface area contributed by atoms with E-state index in [-0.39, 0.29) is 23.5 Å². The fourth-order valence-corrected chi connectivity index (χ4v) is 3.54. The van der Waals surface area contributed by atoms with Crippen LogP contribution in [0.25, 0.3) is 11.4 Å². The average molecular weight is 444 g/mol. The maximum atomic E-state index is 12.8. The van der Waals surface area contributed by atoms with Crippen molar-refractivity contribution in [2.24, 2.45) is 0 Å². The summed E-state index contributed by atoms with van der Waals surface area (Å²) in [5, 5.41) is 0. The van der Waals surface area contributed by atoms with E-state index in [1.807, 2.05) is 0 Å². The van der Waals surface area contributed by atoms with Crippen LogP contribution in [0.5, 0.6) is 0 Å². The Morgan fingerprint density at radius 1 is 1.00 bits per heavy atom. The monoisotopic (exact) mass is 444 g/mol. The van der Waals surface area contributed by atoms with Crippen LogP contribution in [-0.2, 0) is 0 Å². The number of hydrogen-bond donors (Lipinski definition) is 1. The van der Waals surface area contributed by atoms with Crippen molar-refractivity contribution in [2.75, 3.05) is 0 Å². The molecule has 1 N–H and O–H groups in total. The summed E-state index contributed by atoms with van der Waals surface area (Å²) in [6, 6.07) is 12.2. The number of Topliss-reactive ketones (excluding diaryl/α,β-unsaturated/α-hetero) is 1. The quantitative estimate of drug-likeness (QED) is 0.350. The van der Waals surface area contributed by atoms with Gasteiger partial charge >= 0.3 is 10.2 Å². The van der Waals surface area contributed by atoms with E-state index < -0.39 is 32.4 Å². The molecular formula is C20H17F5N2O2S. The van der Waals surface area contributed by atoms with Gasteiger partial charge in [0.25, 0.3) is 5.56 Å². The Labute approximate surface area is 168 Å². The van der Waals surface area contributed by atoms with Crippen molar-refractivity contribution in [2.45, 2.75) is 24.2 Å². The van der Waals surface area contributed by atoms with Crippen LogP contribution >= 0.6 is 10.2 Å². The number of aromatic amines is 1. The lowest BCUT2D eigenvalue weighted by Gasteiger charge is -2.40. The molecule has 10 heteroatoms. The number of hydrogen-bond acceptors (Lipinski definition) is 3. The number of halogens is 5. The summed E-state index contributed by atoms with van der Waals surface area (Å²) in [6.45, 7) is 1.57. The van der Waals surface area contributed by atoms with Crippen LogP contribution in [0, 0.1) is 0 Å². The number of rotatable bonds is 6. The van der Waals surface area contributed by atoms with Gasteiger partial charge in [-0.15, -0.1) is 0 Å². The second-order valence-electron chi connectivity index (χ2n) is 6.91. The van der Waals surface area contributed by atoms with E-state index in [1.54, 1.807) is 37.3 Å². The minimum atomic E-state index is -9.75. The molecule has 1 atom stereocenters. The lowest BCUT2D eigenvalue weighted by Crippen LogP contribution is -2.15. The predicted molar refractivity (Wildman–Crippen MR) is 105 cm³/mol. The molecule has 0 spiro atoms. The van der Waals surface area contributed by atoms with Gasteiger partial charge in [0.05, 0.1) is 0 Å². The Morgan fingerprint density at radius 2 is 1.60 bits per heavy atom. The van der Waals surface area contributed by atoms with Crippen LogP contribution in [0.4, 0.5) is 19.4 Å². The van der Waals surface area contributed by atoms with Gasteiger partial charge < -0.3 is 4.98 Å². The van der Waals surface area contributed by atoms with E-state index in [0.717, 1.165) is 18.2 Å². The molecule has 0 radical (unpaired) electrons. The summed E-state index contributed by atoms with van der Waals surface area (Å²) < 4.78 is 64.2. The van der Waals surface area contributed by atoms with E-state index in [9.17, 15) is 29.0 Å². The van der Waals surface area contributed by atoms with Gasteiger partial charge in [-0.05, 0) is 23.6 Å². The molecule has 1 heterocycles. The van der Waals surface area contributed by atoms with Crippen molar-refractivity contribution in [1.29, 1.82) is 0 Å². The highest BCUT2D eigenvalue weighted by Gasteiger charge is 2.65. The van der Waals surface area contributed by atoms with Crippen LogP contribution in [-0.4, -0.2) is 15.8 Å². The zero-order valence-electron chi connectivity index (χ0n) is 15.6. The first-order valence-corrected chi connectivity index (χ1v) is 10.7. The molecule has 3 aromatic rings. The van der Waals surface area contributed by atoms with Crippen LogP contribution < -0.4 is 5.56 Å². The largest absolute Gasteiger partial charge is 0.310 e. The van der Waals surface area contributed by atoms with Gasteiger partial charge in [0, 0.05) is 18.1 Å². The first-order valence-electron chi connectivity index (χ1n) is 8.77. The topological polar surface area (TPSA) is 62.8 Å². The smallest absolute Gasteiger partial charge is 0.306 e. The maximum absolute atomic E-state index is 12.8. The van der Waals surface area contributed by atoms with Crippen molar-refractivity contribution in [3.63, 3.8) is 0 Å². The lowest BCUT2D eigenvalue weighted by atomic mass is 9.95. The number of ketones is 1. The molecule has 0 unspecified atom stereocenters. The molecule has 0 saturated carbocycles. The minimum absolute atomic E-state index is 0.0897. The molecule has 0 bridgehead atoms. The number of H-pyrrole nitrogens is 1. The van der Waals surface area contributed by atoms with Crippen molar-refractivity contribution in [3.05, 3.63) is 82.3 Å².